The van der Waals surface area contributed by atoms with Crippen LogP contribution in [0.25, 0.3) is 6.08 Å². The molecule has 0 aromatic heterocycles. The molecule has 21 heavy (non-hydrogen) atoms. The molecule has 0 bridgehead atoms. The van der Waals surface area contributed by atoms with Crippen molar-refractivity contribution in [2.75, 3.05) is 20.8 Å². The Morgan fingerprint density at radius 2 is 2.05 bits per heavy atom. The van der Waals surface area contributed by atoms with Crippen LogP contribution < -0.4 is 14.8 Å². The first-order chi connectivity index (χ1) is 10.1. The zero-order valence-electron chi connectivity index (χ0n) is 11.9. The molecular formula is C15H16N2O4. The Labute approximate surface area is 122 Å². The Balaban J connectivity index is 2.39. The molecule has 0 unspecified atom stereocenters. The number of carbonyl (C=O) groups excluding carboxylic acids is 2. The van der Waals surface area contributed by atoms with Gasteiger partial charge in [-0.1, -0.05) is 18.2 Å². The van der Waals surface area contributed by atoms with E-state index in [0.717, 1.165) is 4.90 Å². The average Bonchev–Trinajstić information content (AvgIpc) is 2.75. The van der Waals surface area contributed by atoms with E-state index in [1.54, 1.807) is 24.3 Å². The second-order valence-electron chi connectivity index (χ2n) is 4.28. The van der Waals surface area contributed by atoms with E-state index >= 15 is 0 Å². The zero-order chi connectivity index (χ0) is 15.4. The molecule has 0 saturated carbocycles. The van der Waals surface area contributed by atoms with Crippen LogP contribution in [0.3, 0.4) is 0 Å². The number of benzene rings is 1. The third-order valence-electron chi connectivity index (χ3n) is 3.01. The van der Waals surface area contributed by atoms with Crippen LogP contribution in [0.15, 0.2) is 36.6 Å². The number of hydrogen-bond donors (Lipinski definition) is 1. The van der Waals surface area contributed by atoms with Crippen molar-refractivity contribution in [3.8, 4) is 11.5 Å². The highest BCUT2D eigenvalue weighted by atomic mass is 16.5. The smallest absolute Gasteiger partial charge is 0.329 e. The van der Waals surface area contributed by atoms with Crippen molar-refractivity contribution in [2.24, 2.45) is 0 Å². The number of nitrogens with zero attached hydrogens (tertiary/aromatic N) is 1. The van der Waals surface area contributed by atoms with E-state index in [4.69, 9.17) is 9.47 Å². The maximum absolute atomic E-state index is 12.1. The minimum atomic E-state index is -0.465. The molecule has 1 fully saturated rings. The summed E-state index contributed by atoms with van der Waals surface area (Å²) in [6.45, 7) is 3.69. The first kappa shape index (κ1) is 14.6. The van der Waals surface area contributed by atoms with Gasteiger partial charge in [0.2, 0.25) is 0 Å². The van der Waals surface area contributed by atoms with Crippen molar-refractivity contribution in [1.29, 1.82) is 0 Å². The van der Waals surface area contributed by atoms with E-state index in [2.05, 4.69) is 11.9 Å². The lowest BCUT2D eigenvalue weighted by atomic mass is 10.1. The van der Waals surface area contributed by atoms with Gasteiger partial charge in [-0.2, -0.15) is 0 Å². The summed E-state index contributed by atoms with van der Waals surface area (Å²) in [6.07, 6.45) is 3.05. The minimum Gasteiger partial charge on any atom is -0.493 e. The van der Waals surface area contributed by atoms with E-state index in [1.807, 2.05) is 0 Å². The van der Waals surface area contributed by atoms with Gasteiger partial charge in [-0.3, -0.25) is 9.69 Å². The number of amides is 3. The number of methoxy groups -OCH3 is 2. The van der Waals surface area contributed by atoms with Crippen molar-refractivity contribution in [2.45, 2.75) is 0 Å². The largest absolute Gasteiger partial charge is 0.493 e. The number of nitrogens with one attached hydrogen (secondary N) is 1. The molecule has 110 valence electrons. The summed E-state index contributed by atoms with van der Waals surface area (Å²) in [5.41, 5.74) is 0.828. The van der Waals surface area contributed by atoms with Crippen LogP contribution in [-0.2, 0) is 4.79 Å². The number of urea groups is 1. The Kier molecular flexibility index (Phi) is 4.27. The molecule has 6 heteroatoms. The monoisotopic (exact) mass is 288 g/mol. The van der Waals surface area contributed by atoms with Gasteiger partial charge < -0.3 is 14.8 Å². The van der Waals surface area contributed by atoms with Crippen LogP contribution in [0.5, 0.6) is 11.5 Å². The summed E-state index contributed by atoms with van der Waals surface area (Å²) in [5, 5.41) is 2.53. The predicted octanol–water partition coefficient (Wildman–Crippen LogP) is 1.78. The van der Waals surface area contributed by atoms with Gasteiger partial charge in [-0.15, -0.1) is 6.58 Å². The van der Waals surface area contributed by atoms with Crippen LogP contribution in [0.2, 0.25) is 0 Å². The van der Waals surface area contributed by atoms with E-state index < -0.39 is 11.9 Å². The van der Waals surface area contributed by atoms with Crippen LogP contribution in [0.1, 0.15) is 5.56 Å². The van der Waals surface area contributed by atoms with Gasteiger partial charge in [-0.05, 0) is 12.1 Å². The lowest BCUT2D eigenvalue weighted by Gasteiger charge is -2.10. The molecule has 1 aliphatic heterocycles. The summed E-state index contributed by atoms with van der Waals surface area (Å²) >= 11 is 0. The van der Waals surface area contributed by atoms with Crippen LogP contribution >= 0.6 is 0 Å². The number of ether oxygens (including phenoxy) is 2. The first-order valence-electron chi connectivity index (χ1n) is 6.28. The number of para-hydroxylation sites is 1. The molecule has 6 nitrogen and oxygen atoms in total. The molecule has 2 rings (SSSR count). The summed E-state index contributed by atoms with van der Waals surface area (Å²) in [4.78, 5) is 24.9. The molecule has 1 aromatic carbocycles. The van der Waals surface area contributed by atoms with Crippen molar-refractivity contribution in [1.82, 2.24) is 10.2 Å². The third kappa shape index (κ3) is 2.74. The Morgan fingerprint density at radius 1 is 1.29 bits per heavy atom. The fraction of sp³-hybridized carbons (Fsp3) is 0.200. The van der Waals surface area contributed by atoms with Crippen LogP contribution in [0.4, 0.5) is 4.79 Å². The number of imide groups is 1. The number of hydrogen-bond acceptors (Lipinski definition) is 4. The highest BCUT2D eigenvalue weighted by Gasteiger charge is 2.32. The Morgan fingerprint density at radius 3 is 2.67 bits per heavy atom. The van der Waals surface area contributed by atoms with Crippen molar-refractivity contribution in [3.05, 3.63) is 42.1 Å². The van der Waals surface area contributed by atoms with E-state index in [-0.39, 0.29) is 12.2 Å². The standard InChI is InChI=1S/C15H16N2O4/c1-4-8-17-14(18)11(16-15(17)19)9-10-6-5-7-12(20-2)13(10)21-3/h4-7,9H,1,8H2,2-3H3,(H,16,19)/b11-9+. The molecule has 0 radical (unpaired) electrons. The van der Waals surface area contributed by atoms with Gasteiger partial charge in [0.1, 0.15) is 5.70 Å². The average molecular weight is 288 g/mol. The maximum atomic E-state index is 12.1. The summed E-state index contributed by atoms with van der Waals surface area (Å²) < 4.78 is 10.5. The molecular weight excluding hydrogens is 272 g/mol. The van der Waals surface area contributed by atoms with E-state index in [0.29, 0.717) is 17.1 Å². The van der Waals surface area contributed by atoms with Crippen molar-refractivity contribution < 1.29 is 19.1 Å². The highest BCUT2D eigenvalue weighted by molar-refractivity contribution is 6.14. The first-order valence-corrected chi connectivity index (χ1v) is 6.28. The van der Waals surface area contributed by atoms with Crippen molar-refractivity contribution >= 4 is 18.0 Å². The second-order valence-corrected chi connectivity index (χ2v) is 4.28. The van der Waals surface area contributed by atoms with Gasteiger partial charge in [0.05, 0.1) is 14.2 Å². The number of rotatable bonds is 5. The van der Waals surface area contributed by atoms with Crippen LogP contribution in [-0.4, -0.2) is 37.6 Å². The zero-order valence-corrected chi connectivity index (χ0v) is 11.9. The fourth-order valence-electron chi connectivity index (χ4n) is 2.05. The molecule has 3 amide bonds. The normalized spacial score (nSPS) is 16.1. The van der Waals surface area contributed by atoms with Gasteiger partial charge in [0, 0.05) is 12.1 Å². The molecule has 1 N–H and O–H groups in total. The van der Waals surface area contributed by atoms with Gasteiger partial charge in [-0.25, -0.2) is 4.79 Å². The third-order valence-corrected chi connectivity index (χ3v) is 3.01. The quantitative estimate of drug-likeness (QED) is 0.509. The second kappa shape index (κ2) is 6.13. The highest BCUT2D eigenvalue weighted by Crippen LogP contribution is 2.32. The molecule has 1 aromatic rings. The van der Waals surface area contributed by atoms with Gasteiger partial charge in [0.25, 0.3) is 5.91 Å². The summed E-state index contributed by atoms with van der Waals surface area (Å²) in [7, 11) is 3.04. The van der Waals surface area contributed by atoms with Gasteiger partial charge >= 0.3 is 6.03 Å². The lowest BCUT2D eigenvalue weighted by Crippen LogP contribution is -2.30. The summed E-state index contributed by atoms with van der Waals surface area (Å²) in [5.74, 6) is 0.646. The van der Waals surface area contributed by atoms with E-state index in [9.17, 15) is 9.59 Å². The molecule has 0 aliphatic carbocycles. The molecule has 0 atom stereocenters. The summed E-state index contributed by atoms with van der Waals surface area (Å²) in [6, 6.07) is 4.83. The predicted molar refractivity (Wildman–Crippen MR) is 78.0 cm³/mol. The molecule has 1 heterocycles. The Hall–Kier alpha value is -2.76. The topological polar surface area (TPSA) is 67.9 Å². The Bertz CT molecular complexity index is 622. The number of carbonyl (C=O) groups is 2. The molecule has 1 saturated heterocycles. The van der Waals surface area contributed by atoms with E-state index in [1.165, 1.54) is 20.3 Å². The minimum absolute atomic E-state index is 0.164. The molecule has 1 aliphatic rings. The van der Waals surface area contributed by atoms with Crippen molar-refractivity contribution in [3.63, 3.8) is 0 Å². The molecule has 0 spiro atoms. The van der Waals surface area contributed by atoms with Gasteiger partial charge in [0.15, 0.2) is 11.5 Å². The SMILES string of the molecule is C=CCN1C(=O)N/C(=C/c2cccc(OC)c2OC)C1=O. The maximum Gasteiger partial charge on any atom is 0.329 e. The lowest BCUT2D eigenvalue weighted by molar-refractivity contribution is -0.122. The van der Waals surface area contributed by atoms with Crippen LogP contribution in [0, 0.1) is 0 Å². The fourth-order valence-corrected chi connectivity index (χ4v) is 2.05.